The fourth-order valence-electron chi connectivity index (χ4n) is 3.68. The summed E-state index contributed by atoms with van der Waals surface area (Å²) in [6.07, 6.45) is -7.27. The highest BCUT2D eigenvalue weighted by atomic mass is 16.7. The predicted octanol–water partition coefficient (Wildman–Crippen LogP) is 0.580. The number of carbonyl (C=O) groups excluding carboxylic acids is 1. The van der Waals surface area contributed by atoms with Crippen molar-refractivity contribution in [3.8, 4) is 17.2 Å². The summed E-state index contributed by atoms with van der Waals surface area (Å²) in [7, 11) is 1.57. The molecule has 9 heteroatoms. The summed E-state index contributed by atoms with van der Waals surface area (Å²) >= 11 is 0. The molecule has 2 aliphatic rings. The maximum atomic E-state index is 12.6. The van der Waals surface area contributed by atoms with Crippen LogP contribution in [0.5, 0.6) is 17.2 Å². The molecule has 1 saturated heterocycles. The molecule has 2 aliphatic heterocycles. The SMILES string of the molecule is COc1ccc([C@H]2CC(=O)c3ccc(O[C@H]4O[C@H](CO)[C@@H](O)[C@H](O)[C@H]4O)cc3O2)cc1. The van der Waals surface area contributed by atoms with Gasteiger partial charge >= 0.3 is 0 Å². The quantitative estimate of drug-likeness (QED) is 0.535. The molecule has 1 fully saturated rings. The number of hydrogen-bond acceptors (Lipinski definition) is 9. The number of hydrogen-bond donors (Lipinski definition) is 4. The van der Waals surface area contributed by atoms with Crippen molar-refractivity contribution in [3.05, 3.63) is 53.6 Å². The first-order valence-corrected chi connectivity index (χ1v) is 9.86. The zero-order chi connectivity index (χ0) is 22.1. The molecular formula is C22H24O9. The average Bonchev–Trinajstić information content (AvgIpc) is 2.79. The Hall–Kier alpha value is -2.69. The molecule has 0 aromatic heterocycles. The Morgan fingerprint density at radius 3 is 2.39 bits per heavy atom. The standard InChI is InChI=1S/C22H24O9/c1-28-12-4-2-11(3-5-12)16-9-15(24)14-7-6-13(8-17(14)30-16)29-22-21(27)20(26)19(25)18(10-23)31-22/h2-8,16,18-23,25-27H,9-10H2,1H3/t16-,18-,19-,20+,21-,22+/m1/s1. The van der Waals surface area contributed by atoms with Crippen LogP contribution in [-0.4, -0.2) is 70.6 Å². The average molecular weight is 432 g/mol. The van der Waals surface area contributed by atoms with Gasteiger partial charge in [-0.15, -0.1) is 0 Å². The smallest absolute Gasteiger partial charge is 0.229 e. The van der Waals surface area contributed by atoms with E-state index in [1.807, 2.05) is 12.1 Å². The maximum absolute atomic E-state index is 12.6. The third-order valence-electron chi connectivity index (χ3n) is 5.48. The summed E-state index contributed by atoms with van der Waals surface area (Å²) in [6.45, 7) is -0.559. The van der Waals surface area contributed by atoms with E-state index in [1.54, 1.807) is 25.3 Å². The summed E-state index contributed by atoms with van der Waals surface area (Å²) in [5, 5.41) is 39.3. The van der Waals surface area contributed by atoms with Gasteiger partial charge in [0.15, 0.2) is 5.78 Å². The highest BCUT2D eigenvalue weighted by Gasteiger charge is 2.44. The molecule has 0 aliphatic carbocycles. The number of fused-ring (bicyclic) bond motifs is 1. The number of carbonyl (C=O) groups is 1. The molecule has 2 aromatic carbocycles. The van der Waals surface area contributed by atoms with Crippen molar-refractivity contribution < 1.29 is 44.2 Å². The van der Waals surface area contributed by atoms with E-state index in [0.29, 0.717) is 17.1 Å². The second-order valence-electron chi connectivity index (χ2n) is 7.48. The van der Waals surface area contributed by atoms with Crippen molar-refractivity contribution in [3.63, 3.8) is 0 Å². The Bertz CT molecular complexity index is 927. The van der Waals surface area contributed by atoms with Crippen molar-refractivity contribution in [2.75, 3.05) is 13.7 Å². The minimum atomic E-state index is -1.55. The van der Waals surface area contributed by atoms with Gasteiger partial charge in [0.2, 0.25) is 6.29 Å². The van der Waals surface area contributed by atoms with Gasteiger partial charge in [-0.25, -0.2) is 0 Å². The monoisotopic (exact) mass is 432 g/mol. The molecule has 0 bridgehead atoms. The van der Waals surface area contributed by atoms with Gasteiger partial charge in [0.05, 0.1) is 25.7 Å². The Kier molecular flexibility index (Phi) is 6.12. The van der Waals surface area contributed by atoms with E-state index in [9.17, 15) is 25.2 Å². The molecule has 9 nitrogen and oxygen atoms in total. The number of Topliss-reactive ketones (excluding diaryl/α,β-unsaturated/α-hetero) is 1. The van der Waals surface area contributed by atoms with Crippen molar-refractivity contribution in [1.82, 2.24) is 0 Å². The van der Waals surface area contributed by atoms with Gasteiger partial charge in [0, 0.05) is 6.07 Å². The minimum Gasteiger partial charge on any atom is -0.497 e. The molecule has 4 N–H and O–H groups in total. The van der Waals surface area contributed by atoms with Crippen LogP contribution in [0.3, 0.4) is 0 Å². The number of ether oxygens (including phenoxy) is 4. The van der Waals surface area contributed by atoms with E-state index < -0.39 is 43.4 Å². The number of methoxy groups -OCH3 is 1. The van der Waals surface area contributed by atoms with Crippen LogP contribution in [0.4, 0.5) is 0 Å². The van der Waals surface area contributed by atoms with E-state index >= 15 is 0 Å². The third kappa shape index (κ3) is 4.23. The second-order valence-corrected chi connectivity index (χ2v) is 7.48. The predicted molar refractivity (Wildman–Crippen MR) is 106 cm³/mol. The van der Waals surface area contributed by atoms with Crippen molar-refractivity contribution in [2.45, 2.75) is 43.2 Å². The van der Waals surface area contributed by atoms with Gasteiger partial charge in [-0.1, -0.05) is 12.1 Å². The molecule has 4 rings (SSSR count). The van der Waals surface area contributed by atoms with Crippen molar-refractivity contribution >= 4 is 5.78 Å². The summed E-state index contributed by atoms with van der Waals surface area (Å²) < 4.78 is 22.2. The van der Waals surface area contributed by atoms with Gasteiger partial charge in [-0.3, -0.25) is 4.79 Å². The largest absolute Gasteiger partial charge is 0.497 e. The molecule has 31 heavy (non-hydrogen) atoms. The van der Waals surface area contributed by atoms with Crippen LogP contribution < -0.4 is 14.2 Å². The van der Waals surface area contributed by atoms with Crippen molar-refractivity contribution in [1.29, 1.82) is 0 Å². The molecule has 6 atom stereocenters. The van der Waals surface area contributed by atoms with E-state index in [1.165, 1.54) is 12.1 Å². The normalized spacial score (nSPS) is 30.3. The van der Waals surface area contributed by atoms with Crippen LogP contribution in [0.1, 0.15) is 28.4 Å². The Labute approximate surface area is 178 Å². The zero-order valence-electron chi connectivity index (χ0n) is 16.7. The van der Waals surface area contributed by atoms with Crippen LogP contribution in [0.15, 0.2) is 42.5 Å². The first kappa shape index (κ1) is 21.5. The lowest BCUT2D eigenvalue weighted by Crippen LogP contribution is -2.60. The lowest BCUT2D eigenvalue weighted by Gasteiger charge is -2.39. The summed E-state index contributed by atoms with van der Waals surface area (Å²) in [5.41, 5.74) is 1.23. The first-order valence-electron chi connectivity index (χ1n) is 9.86. The number of aliphatic hydroxyl groups excluding tert-OH is 4. The van der Waals surface area contributed by atoms with Crippen LogP contribution in [-0.2, 0) is 4.74 Å². The Morgan fingerprint density at radius 2 is 1.71 bits per heavy atom. The van der Waals surface area contributed by atoms with E-state index in [0.717, 1.165) is 5.56 Å². The van der Waals surface area contributed by atoms with Gasteiger partial charge in [0.25, 0.3) is 0 Å². The van der Waals surface area contributed by atoms with Gasteiger partial charge in [0.1, 0.15) is 47.8 Å². The van der Waals surface area contributed by atoms with Crippen LogP contribution in [0, 0.1) is 0 Å². The van der Waals surface area contributed by atoms with Crippen LogP contribution in [0.2, 0.25) is 0 Å². The number of benzene rings is 2. The van der Waals surface area contributed by atoms with Gasteiger partial charge < -0.3 is 39.4 Å². The van der Waals surface area contributed by atoms with Gasteiger partial charge in [-0.05, 0) is 29.8 Å². The molecule has 0 saturated carbocycles. The highest BCUT2D eigenvalue weighted by molar-refractivity contribution is 6.00. The summed E-state index contributed by atoms with van der Waals surface area (Å²) in [4.78, 5) is 12.6. The molecule has 2 heterocycles. The van der Waals surface area contributed by atoms with Gasteiger partial charge in [-0.2, -0.15) is 0 Å². The third-order valence-corrected chi connectivity index (χ3v) is 5.48. The Morgan fingerprint density at radius 1 is 1.00 bits per heavy atom. The zero-order valence-corrected chi connectivity index (χ0v) is 16.7. The number of aliphatic hydroxyl groups is 4. The minimum absolute atomic E-state index is 0.0820. The molecule has 166 valence electrons. The lowest BCUT2D eigenvalue weighted by molar-refractivity contribution is -0.277. The van der Waals surface area contributed by atoms with E-state index in [4.69, 9.17) is 18.9 Å². The second kappa shape index (κ2) is 8.81. The molecule has 2 aromatic rings. The fraction of sp³-hybridized carbons (Fsp3) is 0.409. The summed E-state index contributed by atoms with van der Waals surface area (Å²) in [6, 6.07) is 11.8. The lowest BCUT2D eigenvalue weighted by atomic mass is 9.96. The summed E-state index contributed by atoms with van der Waals surface area (Å²) in [5.74, 6) is 1.16. The maximum Gasteiger partial charge on any atom is 0.229 e. The number of ketones is 1. The first-order chi connectivity index (χ1) is 14.9. The number of rotatable bonds is 5. The van der Waals surface area contributed by atoms with E-state index in [2.05, 4.69) is 0 Å². The molecule has 0 radical (unpaired) electrons. The topological polar surface area (TPSA) is 135 Å². The highest BCUT2D eigenvalue weighted by Crippen LogP contribution is 2.38. The Balaban J connectivity index is 1.53. The van der Waals surface area contributed by atoms with Crippen molar-refractivity contribution in [2.24, 2.45) is 0 Å². The van der Waals surface area contributed by atoms with Crippen LogP contribution in [0.25, 0.3) is 0 Å². The molecule has 0 spiro atoms. The van der Waals surface area contributed by atoms with E-state index in [-0.39, 0.29) is 18.0 Å². The molecular weight excluding hydrogens is 408 g/mol. The molecule has 0 amide bonds. The van der Waals surface area contributed by atoms with Crippen LogP contribution >= 0.6 is 0 Å². The molecule has 0 unspecified atom stereocenters. The fourth-order valence-corrected chi connectivity index (χ4v) is 3.68.